The van der Waals surface area contributed by atoms with Gasteiger partial charge in [-0.15, -0.1) is 11.3 Å². The zero-order valence-corrected chi connectivity index (χ0v) is 18.0. The van der Waals surface area contributed by atoms with E-state index in [1.165, 1.54) is 4.88 Å². The van der Waals surface area contributed by atoms with Gasteiger partial charge in [0.05, 0.1) is 16.8 Å². The highest BCUT2D eigenvalue weighted by molar-refractivity contribution is 7.09. The molecule has 5 nitrogen and oxygen atoms in total. The second-order valence-corrected chi connectivity index (χ2v) is 9.43. The molecule has 1 unspecified atom stereocenters. The Morgan fingerprint density at radius 2 is 2.10 bits per heavy atom. The highest BCUT2D eigenvalue weighted by Gasteiger charge is 2.40. The van der Waals surface area contributed by atoms with Crippen LogP contribution in [0.2, 0.25) is 0 Å². The van der Waals surface area contributed by atoms with Crippen molar-refractivity contribution in [2.45, 2.75) is 57.7 Å². The molecule has 1 amide bonds. The highest BCUT2D eigenvalue weighted by Crippen LogP contribution is 2.39. The first-order valence-electron chi connectivity index (χ1n) is 10.7. The summed E-state index contributed by atoms with van der Waals surface area (Å²) in [4.78, 5) is 20.7. The quantitative estimate of drug-likeness (QED) is 0.780. The van der Waals surface area contributed by atoms with Crippen LogP contribution in [0.25, 0.3) is 0 Å². The van der Waals surface area contributed by atoms with Gasteiger partial charge in [-0.05, 0) is 44.1 Å². The third kappa shape index (κ3) is 5.44. The lowest BCUT2D eigenvalue weighted by atomic mass is 9.78. The Balaban J connectivity index is 1.24. The first-order valence-corrected chi connectivity index (χ1v) is 11.6. The third-order valence-electron chi connectivity index (χ3n) is 6.38. The van der Waals surface area contributed by atoms with E-state index in [9.17, 15) is 4.79 Å². The maximum absolute atomic E-state index is 12.5. The molecule has 1 N–H and O–H groups in total. The van der Waals surface area contributed by atoms with Gasteiger partial charge in [0.15, 0.2) is 0 Å². The van der Waals surface area contributed by atoms with Crippen LogP contribution in [0.15, 0.2) is 35.8 Å². The third-order valence-corrected chi connectivity index (χ3v) is 7.30. The molecule has 2 aromatic rings. The normalized spacial score (nSPS) is 21.9. The fourth-order valence-electron chi connectivity index (χ4n) is 4.58. The number of piperidine rings is 1. The van der Waals surface area contributed by atoms with Gasteiger partial charge >= 0.3 is 0 Å². The fourth-order valence-corrected chi connectivity index (χ4v) is 5.40. The smallest absolute Gasteiger partial charge is 0.220 e. The van der Waals surface area contributed by atoms with E-state index in [-0.39, 0.29) is 11.5 Å². The molecule has 29 heavy (non-hydrogen) atoms. The van der Waals surface area contributed by atoms with Crippen LogP contribution in [0.4, 0.5) is 0 Å². The van der Waals surface area contributed by atoms with E-state index in [1.54, 1.807) is 11.3 Å². The molecule has 0 bridgehead atoms. The number of hydrogen-bond acceptors (Lipinski definition) is 5. The Bertz CT molecular complexity index is 799. The molecule has 0 aliphatic carbocycles. The van der Waals surface area contributed by atoms with E-state index < -0.39 is 0 Å². The summed E-state index contributed by atoms with van der Waals surface area (Å²) >= 11 is 1.75. The van der Waals surface area contributed by atoms with E-state index in [4.69, 9.17) is 4.74 Å². The number of nitrogens with one attached hydrogen (secondary N) is 1. The molecule has 1 aromatic carbocycles. The van der Waals surface area contributed by atoms with Crippen LogP contribution >= 0.6 is 11.3 Å². The van der Waals surface area contributed by atoms with E-state index in [0.717, 1.165) is 63.2 Å². The zero-order valence-electron chi connectivity index (χ0n) is 17.2. The Morgan fingerprint density at radius 3 is 2.83 bits per heavy atom. The number of carbonyl (C=O) groups is 1. The lowest BCUT2D eigenvalue weighted by Crippen LogP contribution is -2.49. The molecule has 156 valence electrons. The van der Waals surface area contributed by atoms with E-state index >= 15 is 0 Å². The average molecular weight is 414 g/mol. The predicted molar refractivity (Wildman–Crippen MR) is 116 cm³/mol. The summed E-state index contributed by atoms with van der Waals surface area (Å²) in [5.41, 5.74) is 4.22. The number of benzene rings is 1. The van der Waals surface area contributed by atoms with Crippen molar-refractivity contribution in [3.05, 3.63) is 52.0 Å². The molecule has 1 atom stereocenters. The predicted octanol–water partition coefficient (Wildman–Crippen LogP) is 3.92. The van der Waals surface area contributed by atoms with Gasteiger partial charge in [-0.25, -0.2) is 4.98 Å². The van der Waals surface area contributed by atoms with Gasteiger partial charge < -0.3 is 10.1 Å². The van der Waals surface area contributed by atoms with Gasteiger partial charge in [0, 0.05) is 44.1 Å². The highest BCUT2D eigenvalue weighted by atomic mass is 32.1. The summed E-state index contributed by atoms with van der Waals surface area (Å²) in [6.07, 6.45) is 4.74. The maximum Gasteiger partial charge on any atom is 0.220 e. The van der Waals surface area contributed by atoms with E-state index in [1.807, 2.05) is 35.8 Å². The van der Waals surface area contributed by atoms with Gasteiger partial charge in [-0.2, -0.15) is 0 Å². The Labute approximate surface area is 177 Å². The Kier molecular flexibility index (Phi) is 6.63. The van der Waals surface area contributed by atoms with Crippen molar-refractivity contribution in [2.24, 2.45) is 5.92 Å². The summed E-state index contributed by atoms with van der Waals surface area (Å²) in [7, 11) is 0. The summed E-state index contributed by atoms with van der Waals surface area (Å²) < 4.78 is 6.29. The monoisotopic (exact) mass is 413 g/mol. The van der Waals surface area contributed by atoms with Gasteiger partial charge in [0.25, 0.3) is 0 Å². The molecule has 0 saturated carbocycles. The molecule has 4 rings (SSSR count). The summed E-state index contributed by atoms with van der Waals surface area (Å²) in [5.74, 6) is 0.587. The Morgan fingerprint density at radius 1 is 1.31 bits per heavy atom. The van der Waals surface area contributed by atoms with Crippen molar-refractivity contribution in [3.8, 4) is 0 Å². The SMILES string of the molecule is Cc1ncsc1CN1CCC2(CC1)CC(CC(=O)NCc1ccccc1)CCO2. The number of ether oxygens (including phenoxy) is 1. The number of thiazole rings is 1. The van der Waals surface area contributed by atoms with Crippen LogP contribution in [0, 0.1) is 12.8 Å². The summed E-state index contributed by atoms with van der Waals surface area (Å²) in [6, 6.07) is 10.1. The molecule has 2 aliphatic heterocycles. The number of aromatic nitrogens is 1. The van der Waals surface area contributed by atoms with E-state index in [2.05, 4.69) is 22.1 Å². The topological polar surface area (TPSA) is 54.5 Å². The first-order chi connectivity index (χ1) is 14.1. The lowest BCUT2D eigenvalue weighted by molar-refractivity contribution is -0.136. The molecule has 6 heteroatoms. The first kappa shape index (κ1) is 20.5. The zero-order chi connectivity index (χ0) is 20.1. The van der Waals surface area contributed by atoms with Crippen LogP contribution in [-0.2, 0) is 22.6 Å². The van der Waals surface area contributed by atoms with Crippen LogP contribution in [0.5, 0.6) is 0 Å². The van der Waals surface area contributed by atoms with Crippen molar-refractivity contribution in [3.63, 3.8) is 0 Å². The number of amides is 1. The van der Waals surface area contributed by atoms with Crippen LogP contribution < -0.4 is 5.32 Å². The standard InChI is InChI=1S/C23H31N3O2S/c1-18-21(29-17-25-18)16-26-10-8-23(9-11-26)14-20(7-12-28-23)13-22(27)24-15-19-5-3-2-4-6-19/h2-6,17,20H,7-16H2,1H3,(H,24,27). The average Bonchev–Trinajstić information content (AvgIpc) is 3.14. The van der Waals surface area contributed by atoms with Crippen molar-refractivity contribution in [2.75, 3.05) is 19.7 Å². The van der Waals surface area contributed by atoms with Crippen LogP contribution in [0.3, 0.4) is 0 Å². The minimum absolute atomic E-state index is 0.0259. The molecular formula is C23H31N3O2S. The second kappa shape index (κ2) is 9.37. The summed E-state index contributed by atoms with van der Waals surface area (Å²) in [6.45, 7) is 6.60. The molecule has 2 aliphatic rings. The van der Waals surface area contributed by atoms with Gasteiger partial charge in [0.2, 0.25) is 5.91 Å². The van der Waals surface area contributed by atoms with E-state index in [0.29, 0.717) is 18.9 Å². The molecule has 2 saturated heterocycles. The minimum atomic E-state index is -0.0259. The number of carbonyl (C=O) groups excluding carboxylic acids is 1. The number of nitrogens with zero attached hydrogens (tertiary/aromatic N) is 2. The molecule has 3 heterocycles. The van der Waals surface area contributed by atoms with Gasteiger partial charge in [-0.3, -0.25) is 9.69 Å². The van der Waals surface area contributed by atoms with Gasteiger partial charge in [-0.1, -0.05) is 30.3 Å². The van der Waals surface area contributed by atoms with Crippen LogP contribution in [-0.4, -0.2) is 41.1 Å². The molecule has 2 fully saturated rings. The number of rotatable bonds is 6. The van der Waals surface area contributed by atoms with Crippen molar-refractivity contribution in [1.29, 1.82) is 0 Å². The van der Waals surface area contributed by atoms with Crippen molar-refractivity contribution in [1.82, 2.24) is 15.2 Å². The molecule has 0 radical (unpaired) electrons. The molecular weight excluding hydrogens is 382 g/mol. The largest absolute Gasteiger partial charge is 0.375 e. The van der Waals surface area contributed by atoms with Crippen LogP contribution in [0.1, 0.15) is 48.2 Å². The number of likely N-dealkylation sites (tertiary alicyclic amines) is 1. The lowest BCUT2D eigenvalue weighted by Gasteiger charge is -2.46. The Hall–Kier alpha value is -1.76. The fraction of sp³-hybridized carbons (Fsp3) is 0.565. The second-order valence-electron chi connectivity index (χ2n) is 8.49. The number of hydrogen-bond donors (Lipinski definition) is 1. The van der Waals surface area contributed by atoms with Gasteiger partial charge in [0.1, 0.15) is 0 Å². The van der Waals surface area contributed by atoms with Crippen molar-refractivity contribution >= 4 is 17.2 Å². The maximum atomic E-state index is 12.5. The molecule has 1 spiro atoms. The number of aryl methyl sites for hydroxylation is 1. The molecule has 1 aromatic heterocycles. The summed E-state index contributed by atoms with van der Waals surface area (Å²) in [5, 5.41) is 3.08. The van der Waals surface area contributed by atoms with Crippen molar-refractivity contribution < 1.29 is 9.53 Å². The minimum Gasteiger partial charge on any atom is -0.375 e.